The molecule has 0 radical (unpaired) electrons. The summed E-state index contributed by atoms with van der Waals surface area (Å²) < 4.78 is 28.1. The fraction of sp³-hybridized carbons (Fsp3) is 0.500. The van der Waals surface area contributed by atoms with Crippen molar-refractivity contribution in [1.29, 1.82) is 0 Å². The van der Waals surface area contributed by atoms with Gasteiger partial charge in [0.05, 0.1) is 6.20 Å². The van der Waals surface area contributed by atoms with Crippen molar-refractivity contribution >= 4 is 15.8 Å². The van der Waals surface area contributed by atoms with E-state index in [1.807, 2.05) is 13.0 Å². The van der Waals surface area contributed by atoms with E-state index in [2.05, 4.69) is 20.4 Å². The number of anilines is 1. The molecule has 1 fully saturated rings. The maximum absolute atomic E-state index is 12.5. The summed E-state index contributed by atoms with van der Waals surface area (Å²) in [5, 5.41) is 7.29. The van der Waals surface area contributed by atoms with Gasteiger partial charge in [-0.15, -0.1) is 0 Å². The van der Waals surface area contributed by atoms with Gasteiger partial charge >= 0.3 is 0 Å². The summed E-state index contributed by atoms with van der Waals surface area (Å²) in [6, 6.07) is 2.10. The smallest absolute Gasteiger partial charge is 0.246 e. The highest BCUT2D eigenvalue weighted by Crippen LogP contribution is 2.21. The lowest BCUT2D eigenvalue weighted by Gasteiger charge is -2.31. The zero-order valence-corrected chi connectivity index (χ0v) is 14.0. The Kier molecular flexibility index (Phi) is 4.31. The van der Waals surface area contributed by atoms with E-state index in [4.69, 9.17) is 0 Å². The second kappa shape index (κ2) is 6.25. The Labute approximate surface area is 135 Å². The van der Waals surface area contributed by atoms with Crippen LogP contribution < -0.4 is 5.32 Å². The van der Waals surface area contributed by atoms with Gasteiger partial charge in [-0.1, -0.05) is 0 Å². The number of piperidine rings is 1. The quantitative estimate of drug-likeness (QED) is 0.887. The first-order chi connectivity index (χ1) is 10.9. The number of rotatable bonds is 4. The van der Waals surface area contributed by atoms with Crippen LogP contribution in [0.3, 0.4) is 0 Å². The van der Waals surface area contributed by atoms with Crippen LogP contribution in [0.15, 0.2) is 29.7 Å². The minimum absolute atomic E-state index is 0.213. The van der Waals surface area contributed by atoms with Gasteiger partial charge in [0, 0.05) is 44.1 Å². The van der Waals surface area contributed by atoms with Crippen molar-refractivity contribution < 1.29 is 8.42 Å². The Bertz CT molecular complexity index is 780. The number of hydrogen-bond acceptors (Lipinski definition) is 6. The fourth-order valence-electron chi connectivity index (χ4n) is 2.66. The van der Waals surface area contributed by atoms with Gasteiger partial charge in [-0.3, -0.25) is 4.68 Å². The monoisotopic (exact) mass is 336 g/mol. The lowest BCUT2D eigenvalue weighted by molar-refractivity contribution is 0.329. The highest BCUT2D eigenvalue weighted by molar-refractivity contribution is 7.89. The average molecular weight is 336 g/mol. The van der Waals surface area contributed by atoms with E-state index in [9.17, 15) is 8.42 Å². The van der Waals surface area contributed by atoms with Crippen LogP contribution >= 0.6 is 0 Å². The molecule has 2 aromatic heterocycles. The van der Waals surface area contributed by atoms with Crippen molar-refractivity contribution in [2.45, 2.75) is 30.7 Å². The number of sulfonamides is 1. The molecular weight excluding hydrogens is 316 g/mol. The number of aromatic nitrogens is 4. The second-order valence-electron chi connectivity index (χ2n) is 5.72. The highest BCUT2D eigenvalue weighted by atomic mass is 32.2. The summed E-state index contributed by atoms with van der Waals surface area (Å²) in [7, 11) is -1.74. The summed E-state index contributed by atoms with van der Waals surface area (Å²) >= 11 is 0. The molecule has 0 aromatic carbocycles. The molecule has 23 heavy (non-hydrogen) atoms. The number of nitrogens with zero attached hydrogens (tertiary/aromatic N) is 5. The summed E-state index contributed by atoms with van der Waals surface area (Å²) in [4.78, 5) is 8.50. The molecule has 1 saturated heterocycles. The van der Waals surface area contributed by atoms with Gasteiger partial charge in [-0.2, -0.15) is 9.40 Å². The van der Waals surface area contributed by atoms with E-state index in [-0.39, 0.29) is 10.9 Å². The molecule has 0 bridgehead atoms. The minimum Gasteiger partial charge on any atom is -0.367 e. The standard InChI is InChI=1S/C14H20N6O2S/c1-11-7-14(16-10-15-11)18-12-3-5-20(6-4-12)23(21,22)13-8-17-19(2)9-13/h7-10,12H,3-6H2,1-2H3,(H,15,16,18). The van der Waals surface area contributed by atoms with Gasteiger partial charge in [-0.25, -0.2) is 18.4 Å². The van der Waals surface area contributed by atoms with Crippen LogP contribution in [0.5, 0.6) is 0 Å². The first kappa shape index (κ1) is 15.9. The summed E-state index contributed by atoms with van der Waals surface area (Å²) in [6.45, 7) is 2.88. The second-order valence-corrected chi connectivity index (χ2v) is 7.65. The molecule has 0 amide bonds. The third kappa shape index (κ3) is 3.50. The van der Waals surface area contributed by atoms with Gasteiger partial charge < -0.3 is 5.32 Å². The Morgan fingerprint density at radius 2 is 2.00 bits per heavy atom. The Balaban J connectivity index is 1.62. The largest absolute Gasteiger partial charge is 0.367 e. The van der Waals surface area contributed by atoms with Crippen molar-refractivity contribution in [3.05, 3.63) is 30.5 Å². The van der Waals surface area contributed by atoms with Crippen LogP contribution in [-0.2, 0) is 17.1 Å². The summed E-state index contributed by atoms with van der Waals surface area (Å²) in [5.41, 5.74) is 0.902. The maximum Gasteiger partial charge on any atom is 0.246 e. The SMILES string of the molecule is Cc1cc(NC2CCN(S(=O)(=O)c3cnn(C)c3)CC2)ncn1. The van der Waals surface area contributed by atoms with Crippen LogP contribution in [-0.4, -0.2) is 51.6 Å². The molecule has 0 unspecified atom stereocenters. The van der Waals surface area contributed by atoms with E-state index >= 15 is 0 Å². The van der Waals surface area contributed by atoms with Crippen LogP contribution in [0.25, 0.3) is 0 Å². The molecule has 3 heterocycles. The average Bonchev–Trinajstić information content (AvgIpc) is 2.95. The van der Waals surface area contributed by atoms with E-state index < -0.39 is 10.0 Å². The first-order valence-electron chi connectivity index (χ1n) is 7.49. The molecule has 0 saturated carbocycles. The van der Waals surface area contributed by atoms with Gasteiger partial charge in [0.1, 0.15) is 17.0 Å². The summed E-state index contributed by atoms with van der Waals surface area (Å²) in [6.07, 6.45) is 5.93. The molecular formula is C14H20N6O2S. The van der Waals surface area contributed by atoms with Crippen LogP contribution in [0.2, 0.25) is 0 Å². The van der Waals surface area contributed by atoms with Crippen molar-refractivity contribution in [1.82, 2.24) is 24.1 Å². The molecule has 124 valence electrons. The molecule has 9 heteroatoms. The molecule has 0 spiro atoms. The lowest BCUT2D eigenvalue weighted by atomic mass is 10.1. The number of hydrogen-bond donors (Lipinski definition) is 1. The Hall–Kier alpha value is -2.00. The van der Waals surface area contributed by atoms with Crippen LogP contribution in [0.4, 0.5) is 5.82 Å². The van der Waals surface area contributed by atoms with Crippen molar-refractivity contribution in [3.8, 4) is 0 Å². The van der Waals surface area contributed by atoms with Crippen LogP contribution in [0, 0.1) is 6.92 Å². The van der Waals surface area contributed by atoms with Gasteiger partial charge in [0.15, 0.2) is 0 Å². The predicted octanol–water partition coefficient (Wildman–Crippen LogP) is 0.784. The van der Waals surface area contributed by atoms with Crippen molar-refractivity contribution in [3.63, 3.8) is 0 Å². The predicted molar refractivity (Wildman–Crippen MR) is 85.4 cm³/mol. The fourth-order valence-corrected chi connectivity index (χ4v) is 4.12. The molecule has 1 aliphatic heterocycles. The zero-order valence-electron chi connectivity index (χ0n) is 13.2. The third-order valence-electron chi connectivity index (χ3n) is 3.93. The van der Waals surface area contributed by atoms with Gasteiger partial charge in [0.2, 0.25) is 10.0 Å². The lowest BCUT2D eigenvalue weighted by Crippen LogP contribution is -2.42. The molecule has 3 rings (SSSR count). The molecule has 0 aliphatic carbocycles. The number of nitrogens with one attached hydrogen (secondary N) is 1. The third-order valence-corrected chi connectivity index (χ3v) is 5.78. The molecule has 1 N–H and O–H groups in total. The molecule has 2 aromatic rings. The maximum atomic E-state index is 12.5. The van der Waals surface area contributed by atoms with Crippen molar-refractivity contribution in [2.24, 2.45) is 7.05 Å². The van der Waals surface area contributed by atoms with E-state index in [0.29, 0.717) is 13.1 Å². The zero-order chi connectivity index (χ0) is 16.4. The summed E-state index contributed by atoms with van der Waals surface area (Å²) in [5.74, 6) is 0.783. The van der Waals surface area contributed by atoms with E-state index in [0.717, 1.165) is 24.4 Å². The normalized spacial score (nSPS) is 17.3. The minimum atomic E-state index is -3.45. The van der Waals surface area contributed by atoms with Gasteiger partial charge in [0.25, 0.3) is 0 Å². The van der Waals surface area contributed by atoms with Gasteiger partial charge in [-0.05, 0) is 19.8 Å². The Morgan fingerprint density at radius 1 is 1.26 bits per heavy atom. The molecule has 1 aliphatic rings. The Morgan fingerprint density at radius 3 is 2.61 bits per heavy atom. The topological polar surface area (TPSA) is 93.0 Å². The van der Waals surface area contributed by atoms with Crippen molar-refractivity contribution in [2.75, 3.05) is 18.4 Å². The molecule has 0 atom stereocenters. The first-order valence-corrected chi connectivity index (χ1v) is 8.93. The van der Waals surface area contributed by atoms with Crippen LogP contribution in [0.1, 0.15) is 18.5 Å². The van der Waals surface area contributed by atoms with E-state index in [1.165, 1.54) is 27.7 Å². The molecule has 8 nitrogen and oxygen atoms in total. The van der Waals surface area contributed by atoms with E-state index in [1.54, 1.807) is 7.05 Å². The number of aryl methyl sites for hydroxylation is 2. The highest BCUT2D eigenvalue weighted by Gasteiger charge is 2.30.